The molecule has 2 aromatic heterocycles. The predicted octanol–water partition coefficient (Wildman–Crippen LogP) is 5.74. The van der Waals surface area contributed by atoms with E-state index in [-0.39, 0.29) is 24.3 Å². The second-order valence-electron chi connectivity index (χ2n) is 8.38. The summed E-state index contributed by atoms with van der Waals surface area (Å²) in [5.41, 5.74) is -14.1. The molecule has 0 amide bonds. The molecule has 0 aliphatic heterocycles. The van der Waals surface area contributed by atoms with E-state index in [0.29, 0.717) is 12.1 Å². The highest BCUT2D eigenvalue weighted by molar-refractivity contribution is 5.81. The van der Waals surface area contributed by atoms with E-state index in [4.69, 9.17) is 0 Å². The number of alkyl halides is 12. The van der Waals surface area contributed by atoms with Crippen LogP contribution in [0, 0.1) is 45.3 Å². The molecule has 44 heavy (non-hydrogen) atoms. The van der Waals surface area contributed by atoms with Crippen LogP contribution in [0.5, 0.6) is 0 Å². The van der Waals surface area contributed by atoms with Gasteiger partial charge in [0.15, 0.2) is 0 Å². The minimum absolute atomic E-state index is 0.0516. The van der Waals surface area contributed by atoms with E-state index in [1.165, 1.54) is 24.3 Å². The van der Waals surface area contributed by atoms with Crippen LogP contribution in [0.3, 0.4) is 0 Å². The minimum Gasteiger partial charge on any atom is -0.239 e. The first-order chi connectivity index (χ1) is 20.1. The van der Waals surface area contributed by atoms with Gasteiger partial charge in [0.2, 0.25) is 0 Å². The maximum Gasteiger partial charge on any atom is 0.433 e. The number of benzene rings is 1. The van der Waals surface area contributed by atoms with Gasteiger partial charge in [-0.25, -0.2) is 9.97 Å². The van der Waals surface area contributed by atoms with Gasteiger partial charge in [-0.05, 0) is 47.5 Å². The molecule has 3 aromatic rings. The third-order valence-corrected chi connectivity index (χ3v) is 5.55. The summed E-state index contributed by atoms with van der Waals surface area (Å²) in [7, 11) is 0. The lowest BCUT2D eigenvalue weighted by Gasteiger charge is -2.13. The Labute approximate surface area is 236 Å². The molecule has 0 aliphatic carbocycles. The molecule has 0 atom stereocenters. The van der Waals surface area contributed by atoms with Gasteiger partial charge in [-0.15, -0.1) is 0 Å². The Morgan fingerprint density at radius 3 is 0.886 bits per heavy atom. The summed E-state index contributed by atoms with van der Waals surface area (Å²) in [4.78, 5) is 5.00. The van der Waals surface area contributed by atoms with Gasteiger partial charge in [-0.1, -0.05) is 0 Å². The lowest BCUT2D eigenvalue weighted by Crippen LogP contribution is -2.23. The number of halogens is 12. The average Bonchev–Trinajstić information content (AvgIpc) is 2.92. The zero-order valence-electron chi connectivity index (χ0n) is 20.7. The zero-order chi connectivity index (χ0) is 33.4. The maximum absolute atomic E-state index is 13.3. The van der Waals surface area contributed by atoms with Crippen LogP contribution in [-0.4, -0.2) is 9.97 Å². The SMILES string of the molecule is N#C/C(c1cc(C(F)(F)F)nc(C(F)(F)F)c1)=c1/cc(C#N)/c(=C(/C#N)c2cc(C(F)(F)F)nc(C(F)(F)F)c2)cc1C#N. The molecule has 3 rings (SSSR count). The van der Waals surface area contributed by atoms with E-state index in [1.54, 1.807) is 0 Å². The van der Waals surface area contributed by atoms with Gasteiger partial charge < -0.3 is 0 Å². The lowest BCUT2D eigenvalue weighted by molar-refractivity contribution is -0.151. The molecule has 0 radical (unpaired) electrons. The molecule has 0 bridgehead atoms. The first-order valence-electron chi connectivity index (χ1n) is 11.0. The summed E-state index contributed by atoms with van der Waals surface area (Å²) in [5.74, 6) is 0. The number of rotatable bonds is 2. The van der Waals surface area contributed by atoms with Crippen molar-refractivity contribution in [1.29, 1.82) is 21.0 Å². The number of aromatic nitrogens is 2. The number of nitrogens with zero attached hydrogens (tertiary/aromatic N) is 6. The van der Waals surface area contributed by atoms with Crippen molar-refractivity contribution in [2.45, 2.75) is 24.7 Å². The van der Waals surface area contributed by atoms with Crippen LogP contribution in [0.2, 0.25) is 0 Å². The second kappa shape index (κ2) is 11.2. The summed E-state index contributed by atoms with van der Waals surface area (Å²) in [6.45, 7) is 0. The van der Waals surface area contributed by atoms with Crippen molar-refractivity contribution < 1.29 is 52.7 Å². The van der Waals surface area contributed by atoms with Crippen LogP contribution in [-0.2, 0) is 24.7 Å². The summed E-state index contributed by atoms with van der Waals surface area (Å²) in [6, 6.07) is 6.82. The van der Waals surface area contributed by atoms with Crippen LogP contribution in [0.1, 0.15) is 45.0 Å². The van der Waals surface area contributed by atoms with Gasteiger partial charge in [0.25, 0.3) is 0 Å². The molecule has 0 spiro atoms. The Hall–Kier alpha value is -5.62. The molecule has 224 valence electrons. The molecule has 6 nitrogen and oxygen atoms in total. The Bertz CT molecular complexity index is 1750. The fourth-order valence-corrected chi connectivity index (χ4v) is 3.69. The van der Waals surface area contributed by atoms with Gasteiger partial charge in [0.05, 0.1) is 34.4 Å². The van der Waals surface area contributed by atoms with Crippen molar-refractivity contribution in [3.63, 3.8) is 0 Å². The quantitative estimate of drug-likeness (QED) is 0.333. The highest BCUT2D eigenvalue weighted by Crippen LogP contribution is 2.36. The normalized spacial score (nSPS) is 13.6. The first kappa shape index (κ1) is 32.9. The third kappa shape index (κ3) is 6.71. The monoisotopic (exact) mass is 630 g/mol. The second-order valence-corrected chi connectivity index (χ2v) is 8.38. The summed E-state index contributed by atoms with van der Waals surface area (Å²) in [6.07, 6.45) is -21.8. The van der Waals surface area contributed by atoms with Crippen molar-refractivity contribution in [1.82, 2.24) is 9.97 Å². The van der Waals surface area contributed by atoms with Crippen LogP contribution >= 0.6 is 0 Å². The van der Waals surface area contributed by atoms with Crippen molar-refractivity contribution in [3.05, 3.63) is 91.9 Å². The summed E-state index contributed by atoms with van der Waals surface area (Å²) >= 11 is 0. The van der Waals surface area contributed by atoms with Crippen molar-refractivity contribution in [2.24, 2.45) is 0 Å². The van der Waals surface area contributed by atoms with Gasteiger partial charge >= 0.3 is 24.7 Å². The predicted molar refractivity (Wildman–Crippen MR) is 120 cm³/mol. The highest BCUT2D eigenvalue weighted by Gasteiger charge is 2.40. The lowest BCUT2D eigenvalue weighted by atomic mass is 9.94. The molecule has 2 heterocycles. The van der Waals surface area contributed by atoms with Crippen LogP contribution < -0.4 is 10.4 Å². The van der Waals surface area contributed by atoms with Crippen molar-refractivity contribution >= 4 is 11.1 Å². The molecular formula is C26H6F12N6. The standard InChI is InChI=1S/C26H6F12N6/c27-23(28,29)19-3-11(4-20(43-19)24(30,31)32)17(9-41)15-1-13(7-39)16(2-14(15)8-40)18(10-42)12-5-21(25(33,34)35)44-22(6-12)26(36,37)38/h1-6H/b17-15-,18-16+. The van der Waals surface area contributed by atoms with Crippen molar-refractivity contribution in [3.8, 4) is 24.3 Å². The summed E-state index contributed by atoms with van der Waals surface area (Å²) < 4.78 is 160. The van der Waals surface area contributed by atoms with E-state index >= 15 is 0 Å². The smallest absolute Gasteiger partial charge is 0.239 e. The van der Waals surface area contributed by atoms with Crippen LogP contribution in [0.25, 0.3) is 11.1 Å². The highest BCUT2D eigenvalue weighted by atomic mass is 19.4. The molecule has 1 aromatic carbocycles. The van der Waals surface area contributed by atoms with Gasteiger partial charge in [0.1, 0.15) is 34.9 Å². The van der Waals surface area contributed by atoms with Gasteiger partial charge in [-0.2, -0.15) is 73.7 Å². The number of hydrogen-bond donors (Lipinski definition) is 0. The Morgan fingerprint density at radius 1 is 0.455 bits per heavy atom. The van der Waals surface area contributed by atoms with Gasteiger partial charge in [-0.3, -0.25) is 0 Å². The fourth-order valence-electron chi connectivity index (χ4n) is 3.69. The Morgan fingerprint density at radius 2 is 0.705 bits per heavy atom. The molecule has 0 saturated carbocycles. The van der Waals surface area contributed by atoms with Crippen LogP contribution in [0.4, 0.5) is 52.7 Å². The fraction of sp³-hybridized carbons (Fsp3) is 0.154. The average molecular weight is 630 g/mol. The molecule has 0 aliphatic rings. The van der Waals surface area contributed by atoms with E-state index in [2.05, 4.69) is 9.97 Å². The third-order valence-electron chi connectivity index (χ3n) is 5.55. The van der Waals surface area contributed by atoms with E-state index < -0.39 is 91.3 Å². The first-order valence-corrected chi connectivity index (χ1v) is 11.0. The zero-order valence-corrected chi connectivity index (χ0v) is 20.7. The Kier molecular flexibility index (Phi) is 8.39. The van der Waals surface area contributed by atoms with Crippen LogP contribution in [0.15, 0.2) is 36.4 Å². The number of pyridine rings is 2. The van der Waals surface area contributed by atoms with E-state index in [0.717, 1.165) is 0 Å². The van der Waals surface area contributed by atoms with Crippen molar-refractivity contribution in [2.75, 3.05) is 0 Å². The molecule has 0 fully saturated rings. The summed E-state index contributed by atoms with van der Waals surface area (Å²) in [5, 5.41) is 37.2. The maximum atomic E-state index is 13.3. The van der Waals surface area contributed by atoms with E-state index in [1.807, 2.05) is 0 Å². The number of hydrogen-bond acceptors (Lipinski definition) is 6. The van der Waals surface area contributed by atoms with E-state index in [9.17, 15) is 73.7 Å². The Balaban J connectivity index is 2.55. The topological polar surface area (TPSA) is 121 Å². The molecule has 0 unspecified atom stereocenters. The molecular weight excluding hydrogens is 624 g/mol. The minimum atomic E-state index is -5.44. The van der Waals surface area contributed by atoms with Gasteiger partial charge in [0, 0.05) is 10.4 Å². The molecule has 0 N–H and O–H groups in total. The molecule has 18 heteroatoms. The number of nitriles is 4. The largest absolute Gasteiger partial charge is 0.433 e. The molecule has 0 saturated heterocycles.